The summed E-state index contributed by atoms with van der Waals surface area (Å²) in [5, 5.41) is 5.28. The van der Waals surface area contributed by atoms with Gasteiger partial charge in [0.05, 0.1) is 0 Å². The van der Waals surface area contributed by atoms with E-state index in [1.54, 1.807) is 0 Å². The Labute approximate surface area is 153 Å². The maximum absolute atomic E-state index is 12.6. The Bertz CT molecular complexity index is 559. The van der Waals surface area contributed by atoms with Crippen LogP contribution in [0, 0.1) is 0 Å². The predicted octanol–water partition coefficient (Wildman–Crippen LogP) is 0.784. The van der Waals surface area contributed by atoms with Gasteiger partial charge in [-0.1, -0.05) is 44.2 Å². The molecule has 1 heterocycles. The van der Waals surface area contributed by atoms with Gasteiger partial charge in [0, 0.05) is 0 Å². The highest BCUT2D eigenvalue weighted by Gasteiger charge is 2.50. The van der Waals surface area contributed by atoms with Crippen LogP contribution in [0.1, 0.15) is 25.8 Å². The van der Waals surface area contributed by atoms with Crippen LogP contribution in [0.3, 0.4) is 0 Å². The second-order valence-electron chi connectivity index (χ2n) is 5.29. The van der Waals surface area contributed by atoms with Gasteiger partial charge in [0.25, 0.3) is 0 Å². The second kappa shape index (κ2) is 9.68. The van der Waals surface area contributed by atoms with Gasteiger partial charge in [0.15, 0.2) is 10.5 Å². The predicted molar refractivity (Wildman–Crippen MR) is 100 cm³/mol. The summed E-state index contributed by atoms with van der Waals surface area (Å²) in [4.78, 5) is 27.5. The topological polar surface area (TPSA) is 92.9 Å². The molecule has 1 saturated heterocycles. The molecule has 0 saturated carbocycles. The lowest BCUT2D eigenvalue weighted by Gasteiger charge is -2.36. The van der Waals surface area contributed by atoms with Crippen molar-refractivity contribution >= 4 is 41.6 Å². The van der Waals surface area contributed by atoms with E-state index in [1.165, 1.54) is 0 Å². The van der Waals surface area contributed by atoms with Crippen LogP contribution in [0.4, 0.5) is 0 Å². The minimum atomic E-state index is -1.23. The summed E-state index contributed by atoms with van der Waals surface area (Å²) in [6.07, 6.45) is 0.416. The first kappa shape index (κ1) is 22.5. The Kier molecular flexibility index (Phi) is 9.06. The van der Waals surface area contributed by atoms with Crippen molar-refractivity contribution in [2.45, 2.75) is 25.7 Å². The lowest BCUT2D eigenvalue weighted by molar-refractivity contribution is -0.138. The van der Waals surface area contributed by atoms with E-state index in [0.29, 0.717) is 18.5 Å². The number of rotatable bonds is 6. The van der Waals surface area contributed by atoms with Crippen molar-refractivity contribution in [2.75, 3.05) is 19.6 Å². The number of hydrogen-bond donors (Lipinski definition) is 2. The molecule has 24 heavy (non-hydrogen) atoms. The van der Waals surface area contributed by atoms with Crippen LogP contribution in [0.15, 0.2) is 30.3 Å². The van der Waals surface area contributed by atoms with Gasteiger partial charge in [-0.2, -0.15) is 0 Å². The first-order valence-corrected chi connectivity index (χ1v) is 7.90. The molecule has 0 unspecified atom stereocenters. The molecule has 2 amide bonds. The maximum atomic E-state index is 12.6. The Morgan fingerprint density at radius 2 is 1.54 bits per heavy atom. The van der Waals surface area contributed by atoms with E-state index < -0.39 is 5.41 Å². The van der Waals surface area contributed by atoms with Crippen molar-refractivity contribution in [3.63, 3.8) is 0 Å². The number of carbonyl (C=O) groups excluding carboxylic acids is 2. The SMILES string of the molecule is CCN(CC)CCC1(c2ccccc2)C(=O)NC(=S)NC1=O.Cl.O. The Morgan fingerprint density at radius 1 is 1.04 bits per heavy atom. The molecule has 8 heteroatoms. The number of thiocarbonyl (C=S) groups is 1. The van der Waals surface area contributed by atoms with Gasteiger partial charge in [0.2, 0.25) is 11.8 Å². The smallest absolute Gasteiger partial charge is 0.246 e. The van der Waals surface area contributed by atoms with Crippen LogP contribution in [-0.4, -0.2) is 46.9 Å². The van der Waals surface area contributed by atoms with E-state index >= 15 is 0 Å². The molecule has 1 aromatic rings. The number of nitrogens with zero attached hydrogens (tertiary/aromatic N) is 1. The van der Waals surface area contributed by atoms with Crippen LogP contribution >= 0.6 is 24.6 Å². The highest BCUT2D eigenvalue weighted by atomic mass is 35.5. The summed E-state index contributed by atoms with van der Waals surface area (Å²) in [5.41, 5.74) is -0.536. The average Bonchev–Trinajstić information content (AvgIpc) is 2.51. The van der Waals surface area contributed by atoms with E-state index in [-0.39, 0.29) is 34.8 Å². The van der Waals surface area contributed by atoms with Gasteiger partial charge < -0.3 is 21.0 Å². The zero-order valence-electron chi connectivity index (χ0n) is 13.8. The fourth-order valence-corrected chi connectivity index (χ4v) is 2.96. The summed E-state index contributed by atoms with van der Waals surface area (Å²) >= 11 is 4.92. The van der Waals surface area contributed by atoms with Gasteiger partial charge in [-0.05, 0) is 43.8 Å². The molecule has 6 nitrogen and oxygen atoms in total. The van der Waals surface area contributed by atoms with E-state index in [4.69, 9.17) is 12.2 Å². The van der Waals surface area contributed by atoms with Crippen molar-refractivity contribution < 1.29 is 15.1 Å². The minimum Gasteiger partial charge on any atom is -0.412 e. The summed E-state index contributed by atoms with van der Waals surface area (Å²) in [6, 6.07) is 9.17. The fourth-order valence-electron chi connectivity index (χ4n) is 2.78. The zero-order valence-corrected chi connectivity index (χ0v) is 15.4. The monoisotopic (exact) mass is 373 g/mol. The normalized spacial score (nSPS) is 15.9. The summed E-state index contributed by atoms with van der Waals surface area (Å²) < 4.78 is 0. The van der Waals surface area contributed by atoms with Crippen molar-refractivity contribution in [1.29, 1.82) is 0 Å². The fraction of sp³-hybridized carbons (Fsp3) is 0.438. The molecule has 1 aromatic carbocycles. The van der Waals surface area contributed by atoms with Crippen molar-refractivity contribution in [3.05, 3.63) is 35.9 Å². The van der Waals surface area contributed by atoms with Crippen molar-refractivity contribution in [3.8, 4) is 0 Å². The molecule has 0 atom stereocenters. The van der Waals surface area contributed by atoms with Gasteiger partial charge in [-0.3, -0.25) is 9.59 Å². The molecular weight excluding hydrogens is 350 g/mol. The lowest BCUT2D eigenvalue weighted by atomic mass is 9.74. The number of carbonyl (C=O) groups is 2. The molecule has 4 N–H and O–H groups in total. The van der Waals surface area contributed by atoms with Crippen LogP contribution in [-0.2, 0) is 15.0 Å². The number of nitrogens with one attached hydrogen (secondary N) is 2. The second-order valence-corrected chi connectivity index (χ2v) is 5.69. The highest BCUT2D eigenvalue weighted by Crippen LogP contribution is 2.31. The molecule has 1 fully saturated rings. The van der Waals surface area contributed by atoms with E-state index in [9.17, 15) is 9.59 Å². The maximum Gasteiger partial charge on any atom is 0.246 e. The molecule has 0 aromatic heterocycles. The van der Waals surface area contributed by atoms with E-state index in [0.717, 1.165) is 13.1 Å². The minimum absolute atomic E-state index is 0. The van der Waals surface area contributed by atoms with Crippen molar-refractivity contribution in [1.82, 2.24) is 15.5 Å². The summed E-state index contributed by atoms with van der Waals surface area (Å²) in [7, 11) is 0. The molecule has 1 aliphatic heterocycles. The van der Waals surface area contributed by atoms with E-state index in [2.05, 4.69) is 29.4 Å². The highest BCUT2D eigenvalue weighted by molar-refractivity contribution is 7.80. The zero-order chi connectivity index (χ0) is 16.2. The first-order valence-electron chi connectivity index (χ1n) is 7.49. The molecule has 134 valence electrons. The largest absolute Gasteiger partial charge is 0.412 e. The van der Waals surface area contributed by atoms with Crippen LogP contribution in [0.2, 0.25) is 0 Å². The molecule has 0 radical (unpaired) electrons. The third-order valence-corrected chi connectivity index (χ3v) is 4.40. The Balaban J connectivity index is 0.00000264. The molecular formula is C16H24ClN3O3S. The molecule has 0 bridgehead atoms. The quantitative estimate of drug-likeness (QED) is 0.569. The van der Waals surface area contributed by atoms with Gasteiger partial charge >= 0.3 is 0 Å². The molecule has 0 spiro atoms. The van der Waals surface area contributed by atoms with Gasteiger partial charge in [0.1, 0.15) is 0 Å². The Hall–Kier alpha value is -1.54. The number of hydrogen-bond acceptors (Lipinski definition) is 4. The van der Waals surface area contributed by atoms with Crippen LogP contribution in [0.25, 0.3) is 0 Å². The molecule has 2 rings (SSSR count). The van der Waals surface area contributed by atoms with Gasteiger partial charge in [-0.15, -0.1) is 12.4 Å². The number of benzene rings is 1. The molecule has 0 aliphatic carbocycles. The Morgan fingerprint density at radius 3 is 2.00 bits per heavy atom. The van der Waals surface area contributed by atoms with Crippen LogP contribution < -0.4 is 10.6 Å². The summed E-state index contributed by atoms with van der Waals surface area (Å²) in [5.74, 6) is -0.695. The first-order chi connectivity index (χ1) is 10.5. The van der Waals surface area contributed by atoms with Gasteiger partial charge in [-0.25, -0.2) is 0 Å². The van der Waals surface area contributed by atoms with Crippen LogP contribution in [0.5, 0.6) is 0 Å². The third-order valence-electron chi connectivity index (χ3n) is 4.19. The standard InChI is InChI=1S/C16H21N3O2S.ClH.H2O/c1-3-19(4-2)11-10-16(12-8-6-5-7-9-12)13(20)17-15(22)18-14(16)21;;/h5-9H,3-4,10-11H2,1-2H3,(H2,17,18,20,21,22);1H;1H2. The van der Waals surface area contributed by atoms with Crippen molar-refractivity contribution in [2.24, 2.45) is 0 Å². The summed E-state index contributed by atoms with van der Waals surface area (Å²) in [6.45, 7) is 6.55. The third kappa shape index (κ3) is 4.30. The van der Waals surface area contributed by atoms with E-state index in [1.807, 2.05) is 30.3 Å². The average molecular weight is 374 g/mol. The number of amides is 2. The lowest BCUT2D eigenvalue weighted by Crippen LogP contribution is -2.65. The molecule has 1 aliphatic rings. The number of halogens is 1.